The van der Waals surface area contributed by atoms with Gasteiger partial charge in [-0.05, 0) is 65.9 Å². The van der Waals surface area contributed by atoms with Gasteiger partial charge in [0.15, 0.2) is 0 Å². The molecule has 0 aliphatic carbocycles. The smallest absolute Gasteiger partial charge is 0.233 e. The Balaban J connectivity index is 1.44. The number of phenols is 2. The van der Waals surface area contributed by atoms with Crippen LogP contribution in [-0.2, 0) is 4.79 Å². The zero-order chi connectivity index (χ0) is 25.2. The van der Waals surface area contributed by atoms with Gasteiger partial charge in [0.05, 0.1) is 18.1 Å². The van der Waals surface area contributed by atoms with Crippen molar-refractivity contribution < 1.29 is 20.1 Å². The summed E-state index contributed by atoms with van der Waals surface area (Å²) in [6.45, 7) is 0. The Morgan fingerprint density at radius 1 is 0.861 bits per heavy atom. The van der Waals surface area contributed by atoms with Crippen LogP contribution < -0.4 is 4.90 Å². The first-order chi connectivity index (χ1) is 17.4. The van der Waals surface area contributed by atoms with Gasteiger partial charge in [0.25, 0.3) is 0 Å². The number of aromatic hydroxyl groups is 2. The number of anilines is 1. The van der Waals surface area contributed by atoms with Crippen molar-refractivity contribution in [2.75, 3.05) is 4.90 Å². The predicted octanol–water partition coefficient (Wildman–Crippen LogP) is 6.64. The maximum atomic E-state index is 13.3. The van der Waals surface area contributed by atoms with Gasteiger partial charge < -0.3 is 20.2 Å². The van der Waals surface area contributed by atoms with Gasteiger partial charge in [-0.2, -0.15) is 0 Å². The molecule has 3 N–H and O–H groups in total. The monoisotopic (exact) mass is 499 g/mol. The number of hydrogen-bond donors (Lipinski definition) is 3. The molecule has 3 atom stereocenters. The van der Waals surface area contributed by atoms with E-state index in [1.807, 2.05) is 54.6 Å². The van der Waals surface area contributed by atoms with Crippen LogP contribution in [0.5, 0.6) is 11.5 Å². The summed E-state index contributed by atoms with van der Waals surface area (Å²) in [6.07, 6.45) is 0.0699. The van der Waals surface area contributed by atoms with Crippen LogP contribution in [0.25, 0.3) is 11.1 Å². The second-order valence-corrected chi connectivity index (χ2v) is 9.44. The van der Waals surface area contributed by atoms with Crippen molar-refractivity contribution in [3.05, 3.63) is 113 Å². The molecule has 0 saturated carbocycles. The molecule has 1 aliphatic heterocycles. The van der Waals surface area contributed by atoms with E-state index in [1.165, 1.54) is 0 Å². The summed E-state index contributed by atoms with van der Waals surface area (Å²) < 4.78 is 0. The van der Waals surface area contributed by atoms with E-state index in [-0.39, 0.29) is 29.4 Å². The van der Waals surface area contributed by atoms with Crippen molar-refractivity contribution in [2.45, 2.75) is 25.0 Å². The molecule has 0 aromatic heterocycles. The SMILES string of the molecule is O=C1[C@H](CC[C@H](O)c2ccccc2Cl)[C@@H](c2ccc(-c3cccc(O)c3)c(O)c2)N1c1ccccc1. The zero-order valence-corrected chi connectivity index (χ0v) is 20.2. The van der Waals surface area contributed by atoms with Crippen molar-refractivity contribution in [1.82, 2.24) is 0 Å². The number of halogens is 1. The van der Waals surface area contributed by atoms with E-state index in [1.54, 1.807) is 47.4 Å². The van der Waals surface area contributed by atoms with E-state index >= 15 is 0 Å². The Bertz CT molecular complexity index is 1390. The van der Waals surface area contributed by atoms with Crippen molar-refractivity contribution in [1.29, 1.82) is 0 Å². The molecule has 1 saturated heterocycles. The largest absolute Gasteiger partial charge is 0.508 e. The van der Waals surface area contributed by atoms with Crippen LogP contribution in [0.4, 0.5) is 5.69 Å². The van der Waals surface area contributed by atoms with E-state index < -0.39 is 6.10 Å². The zero-order valence-electron chi connectivity index (χ0n) is 19.5. The molecule has 0 spiro atoms. The lowest BCUT2D eigenvalue weighted by atomic mass is 9.78. The van der Waals surface area contributed by atoms with Crippen LogP contribution in [0.3, 0.4) is 0 Å². The van der Waals surface area contributed by atoms with Gasteiger partial charge in [-0.15, -0.1) is 0 Å². The molecule has 1 aliphatic rings. The maximum Gasteiger partial charge on any atom is 0.233 e. The van der Waals surface area contributed by atoms with Gasteiger partial charge in [-0.1, -0.05) is 72.3 Å². The maximum absolute atomic E-state index is 13.3. The minimum absolute atomic E-state index is 0.0193. The van der Waals surface area contributed by atoms with Gasteiger partial charge in [0.1, 0.15) is 11.5 Å². The molecule has 36 heavy (non-hydrogen) atoms. The second-order valence-electron chi connectivity index (χ2n) is 9.04. The summed E-state index contributed by atoms with van der Waals surface area (Å²) in [5.74, 6) is -0.184. The molecule has 4 aromatic rings. The van der Waals surface area contributed by atoms with Crippen LogP contribution in [0.1, 0.15) is 36.1 Å². The summed E-state index contributed by atoms with van der Waals surface area (Å²) >= 11 is 6.25. The number of amides is 1. The highest BCUT2D eigenvalue weighted by molar-refractivity contribution is 6.31. The normalized spacial score (nSPS) is 18.1. The molecule has 1 amide bonds. The first-order valence-electron chi connectivity index (χ1n) is 11.9. The number of β-lactam (4-membered cyclic amide) rings is 1. The van der Waals surface area contributed by atoms with Gasteiger partial charge in [-0.25, -0.2) is 0 Å². The van der Waals surface area contributed by atoms with Gasteiger partial charge >= 0.3 is 0 Å². The summed E-state index contributed by atoms with van der Waals surface area (Å²) in [6, 6.07) is 28.4. The Morgan fingerprint density at radius 2 is 1.61 bits per heavy atom. The highest BCUT2D eigenvalue weighted by Gasteiger charge is 2.48. The molecule has 5 nitrogen and oxygen atoms in total. The predicted molar refractivity (Wildman–Crippen MR) is 141 cm³/mol. The van der Waals surface area contributed by atoms with Gasteiger partial charge in [-0.3, -0.25) is 4.79 Å². The molecule has 0 unspecified atom stereocenters. The van der Waals surface area contributed by atoms with E-state index in [0.717, 1.165) is 11.3 Å². The summed E-state index contributed by atoms with van der Waals surface area (Å²) in [5, 5.41) is 32.0. The van der Waals surface area contributed by atoms with E-state index in [4.69, 9.17) is 11.6 Å². The van der Waals surface area contributed by atoms with E-state index in [0.29, 0.717) is 34.6 Å². The first kappa shape index (κ1) is 23.9. The highest BCUT2D eigenvalue weighted by Crippen LogP contribution is 2.47. The lowest BCUT2D eigenvalue weighted by Crippen LogP contribution is -2.55. The molecule has 0 bridgehead atoms. The number of nitrogens with zero attached hydrogens (tertiary/aromatic N) is 1. The van der Waals surface area contributed by atoms with Crippen LogP contribution >= 0.6 is 11.6 Å². The van der Waals surface area contributed by atoms with Crippen molar-refractivity contribution in [3.63, 3.8) is 0 Å². The van der Waals surface area contributed by atoms with E-state index in [2.05, 4.69) is 0 Å². The molecule has 1 fully saturated rings. The van der Waals surface area contributed by atoms with Crippen molar-refractivity contribution in [2.24, 2.45) is 5.92 Å². The lowest BCUT2D eigenvalue weighted by molar-refractivity contribution is -0.131. The average molecular weight is 500 g/mol. The number of phenolic OH excluding ortho intramolecular Hbond substituents is 2. The molecule has 0 radical (unpaired) electrons. The second kappa shape index (κ2) is 10.1. The molecular weight excluding hydrogens is 474 g/mol. The molecule has 5 rings (SSSR count). The Kier molecular flexibility index (Phi) is 6.68. The number of para-hydroxylation sites is 1. The molecular formula is C30H26ClNO4. The summed E-state index contributed by atoms with van der Waals surface area (Å²) in [5.41, 5.74) is 3.53. The Morgan fingerprint density at radius 3 is 2.33 bits per heavy atom. The number of rotatable bonds is 7. The third-order valence-corrected chi connectivity index (χ3v) is 7.13. The fraction of sp³-hybridized carbons (Fsp3) is 0.167. The average Bonchev–Trinajstić information content (AvgIpc) is 2.88. The Labute approximate surface area is 214 Å². The number of benzene rings is 4. The number of carbonyl (C=O) groups is 1. The minimum Gasteiger partial charge on any atom is -0.508 e. The number of hydrogen-bond acceptors (Lipinski definition) is 4. The van der Waals surface area contributed by atoms with Crippen LogP contribution in [-0.4, -0.2) is 21.2 Å². The molecule has 182 valence electrons. The first-order valence-corrected chi connectivity index (χ1v) is 12.2. The molecule has 4 aromatic carbocycles. The Hall–Kier alpha value is -3.80. The fourth-order valence-corrected chi connectivity index (χ4v) is 5.24. The third-order valence-electron chi connectivity index (χ3n) is 6.78. The van der Waals surface area contributed by atoms with Crippen LogP contribution in [0.2, 0.25) is 5.02 Å². The van der Waals surface area contributed by atoms with Gasteiger partial charge in [0, 0.05) is 16.3 Å². The highest BCUT2D eigenvalue weighted by atomic mass is 35.5. The molecule has 6 heteroatoms. The summed E-state index contributed by atoms with van der Waals surface area (Å²) in [7, 11) is 0. The quantitative estimate of drug-likeness (QED) is 0.249. The lowest BCUT2D eigenvalue weighted by Gasteiger charge is -2.48. The number of carbonyl (C=O) groups excluding carboxylic acids is 1. The van der Waals surface area contributed by atoms with Crippen LogP contribution in [0.15, 0.2) is 97.1 Å². The molecule has 1 heterocycles. The third kappa shape index (κ3) is 4.55. The topological polar surface area (TPSA) is 81.0 Å². The van der Waals surface area contributed by atoms with Crippen molar-refractivity contribution >= 4 is 23.2 Å². The van der Waals surface area contributed by atoms with Crippen LogP contribution in [0, 0.1) is 5.92 Å². The van der Waals surface area contributed by atoms with E-state index in [9.17, 15) is 20.1 Å². The summed E-state index contributed by atoms with van der Waals surface area (Å²) in [4.78, 5) is 15.0. The number of aliphatic hydroxyl groups is 1. The van der Waals surface area contributed by atoms with Crippen molar-refractivity contribution in [3.8, 4) is 22.6 Å². The minimum atomic E-state index is -0.778. The van der Waals surface area contributed by atoms with Gasteiger partial charge in [0.2, 0.25) is 5.91 Å². The standard InChI is InChI=1S/C30H26ClNO4/c31-26-12-5-4-11-24(26)27(34)16-15-25-29(32(30(25)36)21-8-2-1-3-9-21)20-13-14-23(28(35)18-20)19-7-6-10-22(33)17-19/h1-14,17-18,25,27,29,33-35H,15-16H2/t25-,27+,29-/m1/s1. The fourth-order valence-electron chi connectivity index (χ4n) is 4.98. The number of aliphatic hydroxyl groups excluding tert-OH is 1.